The van der Waals surface area contributed by atoms with Crippen LogP contribution in [-0.4, -0.2) is 3.21 Å². The summed E-state index contributed by atoms with van der Waals surface area (Å²) in [4.78, 5) is 0. The van der Waals surface area contributed by atoms with Gasteiger partial charge in [-0.1, -0.05) is 0 Å². The van der Waals surface area contributed by atoms with Crippen molar-refractivity contribution < 1.29 is 21.3 Å². The molecule has 196 valence electrons. The second-order valence-electron chi connectivity index (χ2n) is 14.9. The van der Waals surface area contributed by atoms with Crippen molar-refractivity contribution in [1.29, 1.82) is 0 Å². The number of hydrogen-bond donors (Lipinski definition) is 0. The van der Waals surface area contributed by atoms with Gasteiger partial charge >= 0.3 is 236 Å². The molecule has 2 aromatic carbocycles. The van der Waals surface area contributed by atoms with Crippen molar-refractivity contribution in [1.82, 2.24) is 0 Å². The topological polar surface area (TPSA) is 0 Å². The summed E-state index contributed by atoms with van der Waals surface area (Å²) in [6.45, 7) is 21.3. The van der Waals surface area contributed by atoms with Gasteiger partial charge in [0.15, 0.2) is 0 Å². The Labute approximate surface area is 234 Å². The van der Waals surface area contributed by atoms with Crippen LogP contribution in [0.2, 0.25) is 0 Å². The Morgan fingerprint density at radius 1 is 0.649 bits per heavy atom. The van der Waals surface area contributed by atoms with Crippen LogP contribution < -0.4 is 0 Å². The predicted molar refractivity (Wildman–Crippen MR) is 159 cm³/mol. The summed E-state index contributed by atoms with van der Waals surface area (Å²) in [5, 5.41) is 0. The van der Waals surface area contributed by atoms with E-state index in [0.717, 1.165) is 0 Å². The SMILES string of the molecule is CC(C)(C)C1=CC[C]([Zr](=[C]2CCCCC2)[CH]2c3ccc(C(C)(C)C)cc3-c3cc(C(C)(C)C)ccc32)=C1. The van der Waals surface area contributed by atoms with Gasteiger partial charge in [0.2, 0.25) is 0 Å². The molecule has 0 saturated heterocycles. The number of rotatable bonds is 2. The summed E-state index contributed by atoms with van der Waals surface area (Å²) in [7, 11) is 0. The third kappa shape index (κ3) is 5.29. The molecule has 1 heteroatoms. The summed E-state index contributed by atoms with van der Waals surface area (Å²) in [5.74, 6) is 0. The van der Waals surface area contributed by atoms with E-state index in [1.807, 2.05) is 6.49 Å². The Balaban J connectivity index is 1.75. The molecule has 0 aliphatic heterocycles. The minimum absolute atomic E-state index is 0.161. The van der Waals surface area contributed by atoms with Gasteiger partial charge in [-0.15, -0.1) is 0 Å². The maximum atomic E-state index is 2.68. The van der Waals surface area contributed by atoms with Crippen LogP contribution in [0.15, 0.2) is 57.4 Å². The number of allylic oxidation sites excluding steroid dienone is 4. The molecule has 0 nitrogen and oxygen atoms in total. The molecule has 2 aromatic rings. The number of benzene rings is 2. The molecule has 0 atom stereocenters. The first-order valence-corrected chi connectivity index (χ1v) is 18.6. The van der Waals surface area contributed by atoms with E-state index >= 15 is 0 Å². The van der Waals surface area contributed by atoms with Gasteiger partial charge in [-0.2, -0.15) is 0 Å². The van der Waals surface area contributed by atoms with Crippen LogP contribution >= 0.6 is 0 Å². The van der Waals surface area contributed by atoms with Crippen LogP contribution in [0.4, 0.5) is 0 Å². The summed E-state index contributed by atoms with van der Waals surface area (Å²) >= 11 is -2.19. The molecule has 0 radical (unpaired) electrons. The first-order valence-electron chi connectivity index (χ1n) is 14.7. The van der Waals surface area contributed by atoms with Crippen LogP contribution in [0.1, 0.15) is 127 Å². The van der Waals surface area contributed by atoms with Crippen LogP contribution in [0.5, 0.6) is 0 Å². The van der Waals surface area contributed by atoms with Crippen molar-refractivity contribution in [2.24, 2.45) is 5.41 Å². The summed E-state index contributed by atoms with van der Waals surface area (Å²) in [5.41, 5.74) is 11.4. The predicted octanol–water partition coefficient (Wildman–Crippen LogP) is 10.4. The molecule has 1 fully saturated rings. The van der Waals surface area contributed by atoms with Crippen molar-refractivity contribution in [3.63, 3.8) is 0 Å². The fraction of sp³-hybridized carbons (Fsp3) is 0.528. The Morgan fingerprint density at radius 2 is 1.16 bits per heavy atom. The molecule has 0 spiro atoms. The van der Waals surface area contributed by atoms with Crippen molar-refractivity contribution >= 4 is 3.21 Å². The van der Waals surface area contributed by atoms with Gasteiger partial charge in [0, 0.05) is 0 Å². The van der Waals surface area contributed by atoms with Crippen LogP contribution in [-0.2, 0) is 32.1 Å². The van der Waals surface area contributed by atoms with E-state index in [-0.39, 0.29) is 16.2 Å². The first-order chi connectivity index (χ1) is 17.2. The normalized spacial score (nSPS) is 18.5. The zero-order valence-electron chi connectivity index (χ0n) is 24.9. The van der Waals surface area contributed by atoms with E-state index < -0.39 is 21.3 Å². The van der Waals surface area contributed by atoms with Gasteiger partial charge in [-0.05, 0) is 0 Å². The second kappa shape index (κ2) is 9.70. The zero-order valence-corrected chi connectivity index (χ0v) is 27.4. The van der Waals surface area contributed by atoms with Gasteiger partial charge in [-0.3, -0.25) is 0 Å². The van der Waals surface area contributed by atoms with Gasteiger partial charge in [0.25, 0.3) is 0 Å². The van der Waals surface area contributed by atoms with Crippen molar-refractivity contribution in [3.8, 4) is 11.1 Å². The van der Waals surface area contributed by atoms with Crippen LogP contribution in [0, 0.1) is 5.41 Å². The van der Waals surface area contributed by atoms with Gasteiger partial charge in [-0.25, -0.2) is 0 Å². The Hall–Kier alpha value is -1.33. The van der Waals surface area contributed by atoms with Gasteiger partial charge < -0.3 is 0 Å². The van der Waals surface area contributed by atoms with E-state index in [1.165, 1.54) is 60.8 Å². The van der Waals surface area contributed by atoms with Crippen LogP contribution in [0.25, 0.3) is 11.1 Å². The van der Waals surface area contributed by atoms with E-state index in [1.54, 1.807) is 16.7 Å². The monoisotopic (exact) mass is 570 g/mol. The molecule has 0 unspecified atom stereocenters. The zero-order chi connectivity index (χ0) is 26.8. The average Bonchev–Trinajstić information content (AvgIpc) is 3.43. The van der Waals surface area contributed by atoms with Crippen LogP contribution in [0.3, 0.4) is 0 Å². The maximum absolute atomic E-state index is 2.68. The molecule has 5 rings (SSSR count). The van der Waals surface area contributed by atoms with E-state index in [2.05, 4.69) is 111 Å². The molecule has 0 aromatic heterocycles. The third-order valence-corrected chi connectivity index (χ3v) is 17.6. The average molecular weight is 572 g/mol. The van der Waals surface area contributed by atoms with Crippen molar-refractivity contribution in [2.75, 3.05) is 0 Å². The van der Waals surface area contributed by atoms with Crippen molar-refractivity contribution in [3.05, 3.63) is 79.7 Å². The second-order valence-corrected chi connectivity index (χ2v) is 21.7. The summed E-state index contributed by atoms with van der Waals surface area (Å²) in [6, 6.07) is 15.1. The van der Waals surface area contributed by atoms with Gasteiger partial charge in [0.05, 0.1) is 0 Å². The molecule has 0 heterocycles. The molecular formula is C36H48Zr. The third-order valence-electron chi connectivity index (χ3n) is 8.96. The minimum atomic E-state index is -2.19. The van der Waals surface area contributed by atoms with Crippen molar-refractivity contribution in [2.45, 2.75) is 115 Å². The number of fused-ring (bicyclic) bond motifs is 3. The van der Waals surface area contributed by atoms with E-state index in [9.17, 15) is 0 Å². The molecular weight excluding hydrogens is 524 g/mol. The summed E-state index contributed by atoms with van der Waals surface area (Å²) < 4.78 is 4.49. The van der Waals surface area contributed by atoms with E-state index in [4.69, 9.17) is 0 Å². The first kappa shape index (κ1) is 27.2. The Morgan fingerprint density at radius 3 is 1.59 bits per heavy atom. The Kier molecular flexibility index (Phi) is 7.14. The molecule has 3 aliphatic rings. The fourth-order valence-corrected chi connectivity index (χ4v) is 16.1. The fourth-order valence-electron chi connectivity index (χ4n) is 6.59. The Bertz CT molecular complexity index is 1240. The van der Waals surface area contributed by atoms with E-state index in [0.29, 0.717) is 3.63 Å². The molecule has 37 heavy (non-hydrogen) atoms. The summed E-state index contributed by atoms with van der Waals surface area (Å²) in [6.07, 6.45) is 13.5. The molecule has 0 N–H and O–H groups in total. The standard InChI is InChI=1S/C21H25.C9H13.C6H10.Zr/c1-20(2,3)16-9-7-14-11-15-8-10-17(21(4,5)6)13-19(15)18(14)12-16;1-9(2,3)8-6-4-5-7-8;1-2-4-6-5-3-1;/h7-13H,1-6H3;6-7H,4H2,1-3H3;1-5H2;. The molecule has 1 saturated carbocycles. The molecule has 0 bridgehead atoms. The molecule has 3 aliphatic carbocycles. The quantitative estimate of drug-likeness (QED) is 0.336. The molecule has 0 amide bonds. The van der Waals surface area contributed by atoms with Gasteiger partial charge in [0.1, 0.15) is 0 Å². The number of hydrogen-bond acceptors (Lipinski definition) is 0.